The van der Waals surface area contributed by atoms with Crippen molar-refractivity contribution < 1.29 is 21.6 Å². The molecule has 1 amide bonds. The van der Waals surface area contributed by atoms with Gasteiger partial charge in [0.25, 0.3) is 0 Å². The van der Waals surface area contributed by atoms with E-state index in [9.17, 15) is 21.6 Å². The number of imidazole rings is 1. The Labute approximate surface area is 223 Å². The van der Waals surface area contributed by atoms with Gasteiger partial charge in [-0.2, -0.15) is 0 Å². The number of aromatic nitrogens is 2. The molecule has 38 heavy (non-hydrogen) atoms. The van der Waals surface area contributed by atoms with Crippen molar-refractivity contribution >= 4 is 42.3 Å². The highest BCUT2D eigenvalue weighted by atomic mass is 32.2. The highest BCUT2D eigenvalue weighted by Crippen LogP contribution is 2.26. The molecule has 0 bridgehead atoms. The quantitative estimate of drug-likeness (QED) is 0.324. The number of nitrogens with zero attached hydrogens (tertiary/aromatic N) is 2. The van der Waals surface area contributed by atoms with Gasteiger partial charge in [-0.05, 0) is 67.4 Å². The van der Waals surface area contributed by atoms with E-state index in [1.54, 1.807) is 49.4 Å². The minimum Gasteiger partial charge on any atom is -0.326 e. The smallest absolute Gasteiger partial charge is 0.228 e. The van der Waals surface area contributed by atoms with E-state index in [0.29, 0.717) is 12.1 Å². The van der Waals surface area contributed by atoms with Crippen LogP contribution in [0.25, 0.3) is 11.0 Å². The van der Waals surface area contributed by atoms with Crippen molar-refractivity contribution in [1.82, 2.24) is 9.55 Å². The number of hydrogen-bond acceptors (Lipinski definition) is 6. The Morgan fingerprint density at radius 2 is 1.50 bits per heavy atom. The molecule has 200 valence electrons. The number of anilines is 1. The van der Waals surface area contributed by atoms with E-state index >= 15 is 0 Å². The molecule has 1 N–H and O–H groups in total. The fourth-order valence-electron chi connectivity index (χ4n) is 4.33. The third kappa shape index (κ3) is 6.14. The maximum Gasteiger partial charge on any atom is 0.228 e. The monoisotopic (exact) mass is 553 g/mol. The number of sulfone groups is 2. The average Bonchev–Trinajstić information content (AvgIpc) is 3.21. The summed E-state index contributed by atoms with van der Waals surface area (Å²) < 4.78 is 49.7. The predicted molar refractivity (Wildman–Crippen MR) is 149 cm³/mol. The minimum atomic E-state index is -3.28. The zero-order valence-electron chi connectivity index (χ0n) is 21.8. The van der Waals surface area contributed by atoms with Gasteiger partial charge in [0.15, 0.2) is 19.7 Å². The van der Waals surface area contributed by atoms with Gasteiger partial charge in [-0.15, -0.1) is 0 Å². The van der Waals surface area contributed by atoms with Crippen LogP contribution in [0.1, 0.15) is 43.8 Å². The first-order valence-electron chi connectivity index (χ1n) is 12.3. The van der Waals surface area contributed by atoms with Gasteiger partial charge < -0.3 is 9.88 Å². The Bertz CT molecular complexity index is 1690. The summed E-state index contributed by atoms with van der Waals surface area (Å²) in [4.78, 5) is 18.1. The number of fused-ring (bicyclic) bond motifs is 1. The van der Waals surface area contributed by atoms with Crippen LogP contribution in [-0.2, 0) is 37.3 Å². The van der Waals surface area contributed by atoms with E-state index in [4.69, 9.17) is 4.98 Å². The molecular formula is C28H31N3O5S2. The number of carbonyl (C=O) groups excluding carboxylic acids is 1. The van der Waals surface area contributed by atoms with Crippen LogP contribution in [0.15, 0.2) is 76.5 Å². The summed E-state index contributed by atoms with van der Waals surface area (Å²) in [5, 5.41) is 2.93. The molecule has 0 fully saturated rings. The molecule has 4 aromatic rings. The minimum absolute atomic E-state index is 0.0272. The lowest BCUT2D eigenvalue weighted by Gasteiger charge is -2.14. The number of rotatable bonds is 9. The molecular weight excluding hydrogens is 522 g/mol. The SMILES string of the molecule is CCS(=O)(=O)c1ccc(CC(=O)Nc2ccc3nc(Cc4ccc(S(C)(=O)=O)cc4)n(C(C)C)c3c2)cc1. The van der Waals surface area contributed by atoms with Crippen molar-refractivity contribution in [2.75, 3.05) is 17.3 Å². The average molecular weight is 554 g/mol. The van der Waals surface area contributed by atoms with Crippen molar-refractivity contribution in [1.29, 1.82) is 0 Å². The Morgan fingerprint density at radius 3 is 2.08 bits per heavy atom. The van der Waals surface area contributed by atoms with Gasteiger partial charge in [-0.1, -0.05) is 31.2 Å². The molecule has 0 saturated heterocycles. The van der Waals surface area contributed by atoms with E-state index in [1.165, 1.54) is 18.4 Å². The second kappa shape index (κ2) is 10.7. The van der Waals surface area contributed by atoms with Crippen LogP contribution >= 0.6 is 0 Å². The summed E-state index contributed by atoms with van der Waals surface area (Å²) in [6.45, 7) is 5.72. The van der Waals surface area contributed by atoms with Crippen LogP contribution in [0.4, 0.5) is 5.69 Å². The topological polar surface area (TPSA) is 115 Å². The first-order chi connectivity index (χ1) is 17.9. The van der Waals surface area contributed by atoms with Gasteiger partial charge in [-0.25, -0.2) is 21.8 Å². The van der Waals surface area contributed by atoms with Gasteiger partial charge in [0.05, 0.1) is 33.0 Å². The van der Waals surface area contributed by atoms with Crippen molar-refractivity contribution in [3.8, 4) is 0 Å². The summed E-state index contributed by atoms with van der Waals surface area (Å²) in [5.41, 5.74) is 3.98. The Balaban J connectivity index is 1.53. The Hall–Kier alpha value is -3.50. The first kappa shape index (κ1) is 27.5. The van der Waals surface area contributed by atoms with E-state index in [1.807, 2.05) is 12.1 Å². The second-order valence-corrected chi connectivity index (χ2v) is 13.9. The third-order valence-electron chi connectivity index (χ3n) is 6.30. The molecule has 0 aliphatic rings. The van der Waals surface area contributed by atoms with Crippen LogP contribution in [0.2, 0.25) is 0 Å². The number of benzene rings is 3. The zero-order valence-corrected chi connectivity index (χ0v) is 23.4. The summed E-state index contributed by atoms with van der Waals surface area (Å²) in [6, 6.07) is 18.9. The van der Waals surface area contributed by atoms with E-state index in [-0.39, 0.29) is 33.9 Å². The number of amides is 1. The normalized spacial score (nSPS) is 12.2. The molecule has 3 aromatic carbocycles. The Morgan fingerprint density at radius 1 is 0.895 bits per heavy atom. The van der Waals surface area contributed by atoms with E-state index in [0.717, 1.165) is 28.0 Å². The van der Waals surface area contributed by atoms with Gasteiger partial charge in [0, 0.05) is 24.4 Å². The molecule has 4 rings (SSSR count). The molecule has 1 heterocycles. The van der Waals surface area contributed by atoms with E-state index in [2.05, 4.69) is 23.7 Å². The molecule has 0 spiro atoms. The number of nitrogens with one attached hydrogen (secondary N) is 1. The summed E-state index contributed by atoms with van der Waals surface area (Å²) in [7, 11) is -6.54. The molecule has 1 aromatic heterocycles. The number of hydrogen-bond donors (Lipinski definition) is 1. The van der Waals surface area contributed by atoms with Crippen molar-refractivity contribution in [2.45, 2.75) is 49.4 Å². The largest absolute Gasteiger partial charge is 0.326 e. The van der Waals surface area contributed by atoms with Gasteiger partial charge in [-0.3, -0.25) is 4.79 Å². The lowest BCUT2D eigenvalue weighted by Crippen LogP contribution is -2.14. The van der Waals surface area contributed by atoms with Gasteiger partial charge in [0.1, 0.15) is 5.82 Å². The van der Waals surface area contributed by atoms with Crippen LogP contribution < -0.4 is 5.32 Å². The summed E-state index contributed by atoms with van der Waals surface area (Å²) in [6.07, 6.45) is 1.83. The summed E-state index contributed by atoms with van der Waals surface area (Å²) in [5.74, 6) is 0.657. The van der Waals surface area contributed by atoms with Crippen LogP contribution in [-0.4, -0.2) is 44.3 Å². The fourth-order valence-corrected chi connectivity index (χ4v) is 5.85. The molecule has 0 atom stereocenters. The lowest BCUT2D eigenvalue weighted by molar-refractivity contribution is -0.115. The first-order valence-corrected chi connectivity index (χ1v) is 15.8. The predicted octanol–water partition coefficient (Wildman–Crippen LogP) is 4.59. The third-order valence-corrected chi connectivity index (χ3v) is 9.18. The summed E-state index contributed by atoms with van der Waals surface area (Å²) >= 11 is 0. The van der Waals surface area contributed by atoms with Crippen molar-refractivity contribution in [2.24, 2.45) is 0 Å². The molecule has 10 heteroatoms. The maximum absolute atomic E-state index is 12.7. The molecule has 0 radical (unpaired) electrons. The molecule has 0 aliphatic heterocycles. The molecule has 8 nitrogen and oxygen atoms in total. The fraction of sp³-hybridized carbons (Fsp3) is 0.286. The van der Waals surface area contributed by atoms with Crippen LogP contribution in [0.3, 0.4) is 0 Å². The molecule has 0 unspecified atom stereocenters. The lowest BCUT2D eigenvalue weighted by atomic mass is 10.1. The Kier molecular flexibility index (Phi) is 7.75. The molecule has 0 aliphatic carbocycles. The molecule has 0 saturated carbocycles. The van der Waals surface area contributed by atoms with Crippen LogP contribution in [0, 0.1) is 0 Å². The van der Waals surface area contributed by atoms with Gasteiger partial charge in [0.2, 0.25) is 5.91 Å². The standard InChI is InChI=1S/C28H31N3O5S2/c1-5-38(35,36)24-13-8-21(9-14-24)17-28(32)29-22-10-15-25-26(18-22)31(19(2)3)27(30-25)16-20-6-11-23(12-7-20)37(4,33)34/h6-15,18-19H,5,16-17H2,1-4H3,(H,29,32). The van der Waals surface area contributed by atoms with Crippen LogP contribution in [0.5, 0.6) is 0 Å². The van der Waals surface area contributed by atoms with Crippen molar-refractivity contribution in [3.05, 3.63) is 83.7 Å². The highest BCUT2D eigenvalue weighted by molar-refractivity contribution is 7.91. The second-order valence-electron chi connectivity index (χ2n) is 9.56. The van der Waals surface area contributed by atoms with E-state index < -0.39 is 19.7 Å². The zero-order chi connectivity index (χ0) is 27.7. The highest BCUT2D eigenvalue weighted by Gasteiger charge is 2.16. The number of carbonyl (C=O) groups is 1. The maximum atomic E-state index is 12.7. The van der Waals surface area contributed by atoms with Crippen molar-refractivity contribution in [3.63, 3.8) is 0 Å². The van der Waals surface area contributed by atoms with Gasteiger partial charge >= 0.3 is 0 Å².